The van der Waals surface area contributed by atoms with Crippen LogP contribution < -0.4 is 14.2 Å². The standard InChI is InChI=1S/C19H19Cl2N3O6S/c1-24(31(25,26)15-8-7-13(28-3)17(20)18(15)21)10-16-22-19(23-30-16)11-5-6-12(27-2)14(9-11)29-4/h5-9H,10H2,1-4H3. The number of hydrogen-bond donors (Lipinski definition) is 0. The van der Waals surface area contributed by atoms with Crippen LogP contribution in [-0.4, -0.2) is 51.2 Å². The summed E-state index contributed by atoms with van der Waals surface area (Å²) in [5, 5.41) is 3.78. The Balaban J connectivity index is 1.84. The molecule has 1 aromatic heterocycles. The van der Waals surface area contributed by atoms with Gasteiger partial charge in [-0.15, -0.1) is 0 Å². The van der Waals surface area contributed by atoms with Gasteiger partial charge in [0, 0.05) is 12.6 Å². The molecule has 2 aromatic carbocycles. The third kappa shape index (κ3) is 4.57. The Morgan fingerprint density at radius 1 is 0.968 bits per heavy atom. The van der Waals surface area contributed by atoms with Gasteiger partial charge in [0.15, 0.2) is 11.5 Å². The van der Waals surface area contributed by atoms with E-state index in [4.69, 9.17) is 41.9 Å². The number of sulfonamides is 1. The van der Waals surface area contributed by atoms with Crippen LogP contribution in [0.4, 0.5) is 0 Å². The van der Waals surface area contributed by atoms with Crippen molar-refractivity contribution in [2.75, 3.05) is 28.4 Å². The Labute approximate surface area is 189 Å². The van der Waals surface area contributed by atoms with Crippen molar-refractivity contribution in [2.45, 2.75) is 11.4 Å². The zero-order valence-electron chi connectivity index (χ0n) is 17.0. The molecule has 0 saturated carbocycles. The van der Waals surface area contributed by atoms with Crippen molar-refractivity contribution in [3.8, 4) is 28.6 Å². The molecule has 0 bridgehead atoms. The van der Waals surface area contributed by atoms with Crippen molar-refractivity contribution >= 4 is 33.2 Å². The molecule has 166 valence electrons. The second kappa shape index (κ2) is 9.31. The molecule has 0 aliphatic carbocycles. The van der Waals surface area contributed by atoms with E-state index in [0.717, 1.165) is 4.31 Å². The van der Waals surface area contributed by atoms with Crippen molar-refractivity contribution in [2.24, 2.45) is 0 Å². The number of halogens is 2. The summed E-state index contributed by atoms with van der Waals surface area (Å²) in [5.74, 6) is 1.68. The number of nitrogens with zero attached hydrogens (tertiary/aromatic N) is 3. The molecule has 0 N–H and O–H groups in total. The van der Waals surface area contributed by atoms with E-state index in [1.54, 1.807) is 18.2 Å². The van der Waals surface area contributed by atoms with E-state index in [1.807, 2.05) is 0 Å². The summed E-state index contributed by atoms with van der Waals surface area (Å²) < 4.78 is 47.7. The first-order valence-corrected chi connectivity index (χ1v) is 11.0. The van der Waals surface area contributed by atoms with Crippen LogP contribution in [0.2, 0.25) is 10.0 Å². The number of ether oxygens (including phenoxy) is 3. The summed E-state index contributed by atoms with van der Waals surface area (Å²) in [7, 11) is 1.82. The lowest BCUT2D eigenvalue weighted by molar-refractivity contribution is 0.336. The Hall–Kier alpha value is -2.53. The van der Waals surface area contributed by atoms with E-state index in [-0.39, 0.29) is 39.0 Å². The fourth-order valence-electron chi connectivity index (χ4n) is 2.73. The second-order valence-corrected chi connectivity index (χ2v) is 9.01. The second-order valence-electron chi connectivity index (χ2n) is 6.24. The molecular weight excluding hydrogens is 469 g/mol. The topological polar surface area (TPSA) is 104 Å². The van der Waals surface area contributed by atoms with Crippen LogP contribution in [0.3, 0.4) is 0 Å². The third-order valence-electron chi connectivity index (χ3n) is 4.39. The lowest BCUT2D eigenvalue weighted by Gasteiger charge is -2.17. The van der Waals surface area contributed by atoms with Crippen LogP contribution in [0.15, 0.2) is 39.8 Å². The molecule has 0 atom stereocenters. The van der Waals surface area contributed by atoms with Crippen molar-refractivity contribution in [1.82, 2.24) is 14.4 Å². The first kappa shape index (κ1) is 23.1. The van der Waals surface area contributed by atoms with Gasteiger partial charge in [-0.25, -0.2) is 8.42 Å². The van der Waals surface area contributed by atoms with Crippen LogP contribution >= 0.6 is 23.2 Å². The van der Waals surface area contributed by atoms with Crippen LogP contribution in [0.1, 0.15) is 5.89 Å². The van der Waals surface area contributed by atoms with Gasteiger partial charge in [0.25, 0.3) is 0 Å². The van der Waals surface area contributed by atoms with Gasteiger partial charge in [-0.2, -0.15) is 9.29 Å². The minimum atomic E-state index is -3.99. The SMILES string of the molecule is COc1ccc(-c2noc(CN(C)S(=O)(=O)c3ccc(OC)c(Cl)c3Cl)n2)cc1OC. The Morgan fingerprint density at radius 2 is 1.61 bits per heavy atom. The number of rotatable bonds is 8. The Kier molecular flexibility index (Phi) is 6.95. The van der Waals surface area contributed by atoms with Crippen molar-refractivity contribution in [1.29, 1.82) is 0 Å². The molecule has 0 unspecified atom stereocenters. The first-order valence-electron chi connectivity index (χ1n) is 8.76. The highest BCUT2D eigenvalue weighted by Crippen LogP contribution is 2.37. The van der Waals surface area contributed by atoms with E-state index in [2.05, 4.69) is 10.1 Å². The number of methoxy groups -OCH3 is 3. The molecule has 0 amide bonds. The van der Waals surface area contributed by atoms with Crippen molar-refractivity contribution in [3.63, 3.8) is 0 Å². The maximum atomic E-state index is 13.0. The van der Waals surface area contributed by atoms with E-state index < -0.39 is 10.0 Å². The lowest BCUT2D eigenvalue weighted by Crippen LogP contribution is -2.27. The van der Waals surface area contributed by atoms with Gasteiger partial charge in [-0.05, 0) is 30.3 Å². The fourth-order valence-corrected chi connectivity index (χ4v) is 4.66. The molecule has 31 heavy (non-hydrogen) atoms. The molecule has 0 saturated heterocycles. The van der Waals surface area contributed by atoms with Gasteiger partial charge in [-0.1, -0.05) is 28.4 Å². The summed E-state index contributed by atoms with van der Waals surface area (Å²) in [6.45, 7) is -0.178. The van der Waals surface area contributed by atoms with Crippen LogP contribution in [-0.2, 0) is 16.6 Å². The van der Waals surface area contributed by atoms with Crippen molar-refractivity contribution < 1.29 is 27.2 Å². The molecular formula is C19H19Cl2N3O6S. The van der Waals surface area contributed by atoms with Gasteiger partial charge in [0.05, 0.1) is 32.9 Å². The zero-order chi connectivity index (χ0) is 22.8. The predicted molar refractivity (Wildman–Crippen MR) is 115 cm³/mol. The molecule has 1 heterocycles. The van der Waals surface area contributed by atoms with Gasteiger partial charge in [0.1, 0.15) is 15.7 Å². The highest BCUT2D eigenvalue weighted by atomic mass is 35.5. The first-order chi connectivity index (χ1) is 14.7. The molecule has 9 nitrogen and oxygen atoms in total. The molecule has 0 aliphatic rings. The summed E-state index contributed by atoms with van der Waals surface area (Å²) >= 11 is 12.2. The fraction of sp³-hybridized carbons (Fsp3) is 0.263. The molecule has 12 heteroatoms. The predicted octanol–water partition coefficient (Wildman–Crippen LogP) is 3.89. The largest absolute Gasteiger partial charge is 0.495 e. The number of hydrogen-bond acceptors (Lipinski definition) is 8. The van der Waals surface area contributed by atoms with E-state index in [1.165, 1.54) is 40.5 Å². The van der Waals surface area contributed by atoms with Gasteiger partial charge in [0.2, 0.25) is 21.7 Å². The molecule has 3 aromatic rings. The van der Waals surface area contributed by atoms with Crippen LogP contribution in [0.5, 0.6) is 17.2 Å². The molecule has 0 radical (unpaired) electrons. The maximum Gasteiger partial charge on any atom is 0.244 e. The monoisotopic (exact) mass is 487 g/mol. The molecule has 0 aliphatic heterocycles. The van der Waals surface area contributed by atoms with Crippen molar-refractivity contribution in [3.05, 3.63) is 46.3 Å². The number of benzene rings is 2. The smallest absolute Gasteiger partial charge is 0.244 e. The summed E-state index contributed by atoms with van der Waals surface area (Å²) in [6, 6.07) is 7.87. The Bertz CT molecular complexity index is 1200. The summed E-state index contributed by atoms with van der Waals surface area (Å²) in [5.41, 5.74) is 0.614. The molecule has 0 fully saturated rings. The van der Waals surface area contributed by atoms with E-state index in [0.29, 0.717) is 17.1 Å². The average molecular weight is 488 g/mol. The van der Waals surface area contributed by atoms with E-state index in [9.17, 15) is 8.42 Å². The zero-order valence-corrected chi connectivity index (χ0v) is 19.4. The maximum absolute atomic E-state index is 13.0. The summed E-state index contributed by atoms with van der Waals surface area (Å²) in [4.78, 5) is 4.10. The minimum Gasteiger partial charge on any atom is -0.495 e. The highest BCUT2D eigenvalue weighted by Gasteiger charge is 2.28. The highest BCUT2D eigenvalue weighted by molar-refractivity contribution is 7.89. The third-order valence-corrected chi connectivity index (χ3v) is 7.21. The van der Waals surface area contributed by atoms with E-state index >= 15 is 0 Å². The van der Waals surface area contributed by atoms with Gasteiger partial charge >= 0.3 is 0 Å². The Morgan fingerprint density at radius 3 is 2.26 bits per heavy atom. The quantitative estimate of drug-likeness (QED) is 0.471. The molecule has 3 rings (SSSR count). The van der Waals surface area contributed by atoms with Crippen LogP contribution in [0.25, 0.3) is 11.4 Å². The lowest BCUT2D eigenvalue weighted by atomic mass is 10.2. The normalized spacial score (nSPS) is 11.6. The molecule has 0 spiro atoms. The van der Waals surface area contributed by atoms with Gasteiger partial charge in [-0.3, -0.25) is 0 Å². The average Bonchev–Trinajstić information content (AvgIpc) is 3.23. The minimum absolute atomic E-state index is 0.00664. The summed E-state index contributed by atoms with van der Waals surface area (Å²) in [6.07, 6.45) is 0. The van der Waals surface area contributed by atoms with Gasteiger partial charge < -0.3 is 18.7 Å². The number of aromatic nitrogens is 2. The van der Waals surface area contributed by atoms with Crippen LogP contribution in [0, 0.1) is 0 Å².